The van der Waals surface area contributed by atoms with Crippen LogP contribution in [0.3, 0.4) is 0 Å². The number of benzene rings is 3. The maximum absolute atomic E-state index is 13.7. The molecule has 7 nitrogen and oxygen atoms in total. The fourth-order valence-electron chi connectivity index (χ4n) is 4.25. The number of amides is 2. The molecule has 0 aliphatic carbocycles. The van der Waals surface area contributed by atoms with Crippen LogP contribution in [0.25, 0.3) is 0 Å². The molecule has 0 spiro atoms. The number of carbonyl (C=O) groups excluding carboxylic acids is 2. The maximum Gasteiger partial charge on any atom is 0.243 e. The summed E-state index contributed by atoms with van der Waals surface area (Å²) in [6.07, 6.45) is 0.828. The van der Waals surface area contributed by atoms with Gasteiger partial charge in [0.15, 0.2) is 0 Å². The lowest BCUT2D eigenvalue weighted by Gasteiger charge is -2.32. The number of hydrogen-bond acceptors (Lipinski definition) is 4. The van der Waals surface area contributed by atoms with Crippen molar-refractivity contribution in [2.24, 2.45) is 5.92 Å². The van der Waals surface area contributed by atoms with Crippen molar-refractivity contribution in [3.8, 4) is 0 Å². The fourth-order valence-corrected chi connectivity index (χ4v) is 5.48. The minimum Gasteiger partial charge on any atom is -0.354 e. The second kappa shape index (κ2) is 14.6. The van der Waals surface area contributed by atoms with Crippen molar-refractivity contribution < 1.29 is 18.0 Å². The first-order valence-corrected chi connectivity index (χ1v) is 14.8. The first kappa shape index (κ1) is 30.1. The summed E-state index contributed by atoms with van der Waals surface area (Å²) < 4.78 is 27.0. The van der Waals surface area contributed by atoms with E-state index >= 15 is 0 Å². The minimum absolute atomic E-state index is 0.115. The zero-order chi connectivity index (χ0) is 28.3. The van der Waals surface area contributed by atoms with Crippen LogP contribution in [-0.2, 0) is 32.6 Å². The Kier molecular flexibility index (Phi) is 11.3. The SMILES string of the molecule is CC(C)CNC(=O)[C@@H](Cc1ccccc1)N(Cc1ccccc1)C(=O)CCCN(C)S(=O)(=O)c1ccccc1. The predicted molar refractivity (Wildman–Crippen MR) is 154 cm³/mol. The Bertz CT molecular complexity index is 1280. The van der Waals surface area contributed by atoms with Gasteiger partial charge in [0.2, 0.25) is 21.8 Å². The monoisotopic (exact) mass is 549 g/mol. The molecule has 8 heteroatoms. The van der Waals surface area contributed by atoms with E-state index in [1.54, 1.807) is 35.2 Å². The molecule has 0 fully saturated rings. The highest BCUT2D eigenvalue weighted by molar-refractivity contribution is 7.89. The Morgan fingerprint density at radius 2 is 1.36 bits per heavy atom. The lowest BCUT2D eigenvalue weighted by molar-refractivity contribution is -0.141. The van der Waals surface area contributed by atoms with Crippen LogP contribution >= 0.6 is 0 Å². The second-order valence-corrected chi connectivity index (χ2v) is 12.1. The van der Waals surface area contributed by atoms with E-state index < -0.39 is 16.1 Å². The number of carbonyl (C=O) groups is 2. The van der Waals surface area contributed by atoms with Crippen molar-refractivity contribution in [1.82, 2.24) is 14.5 Å². The molecule has 0 aromatic heterocycles. The largest absolute Gasteiger partial charge is 0.354 e. The van der Waals surface area contributed by atoms with Gasteiger partial charge >= 0.3 is 0 Å². The molecule has 3 rings (SSSR count). The molecular formula is C31H39N3O4S. The van der Waals surface area contributed by atoms with Gasteiger partial charge in [-0.15, -0.1) is 0 Å². The lowest BCUT2D eigenvalue weighted by atomic mass is 10.0. The van der Waals surface area contributed by atoms with Crippen molar-refractivity contribution in [2.45, 2.75) is 50.6 Å². The first-order chi connectivity index (χ1) is 18.7. The van der Waals surface area contributed by atoms with Crippen molar-refractivity contribution in [2.75, 3.05) is 20.1 Å². The molecule has 0 saturated carbocycles. The molecule has 2 amide bonds. The van der Waals surface area contributed by atoms with Gasteiger partial charge in [-0.05, 0) is 35.6 Å². The average molecular weight is 550 g/mol. The molecular weight excluding hydrogens is 510 g/mol. The number of sulfonamides is 1. The molecule has 0 bridgehead atoms. The van der Waals surface area contributed by atoms with Gasteiger partial charge in [0, 0.05) is 39.5 Å². The maximum atomic E-state index is 13.7. The summed E-state index contributed by atoms with van der Waals surface area (Å²) in [5.41, 5.74) is 1.88. The quantitative estimate of drug-likeness (QED) is 0.321. The first-order valence-electron chi connectivity index (χ1n) is 13.3. The summed E-state index contributed by atoms with van der Waals surface area (Å²) >= 11 is 0. The standard InChI is InChI=1S/C31H39N3O4S/c1-25(2)23-32-31(36)29(22-26-14-7-4-8-15-26)34(24-27-16-9-5-10-17-27)30(35)20-13-21-33(3)39(37,38)28-18-11-6-12-19-28/h4-12,14-19,25,29H,13,20-24H2,1-3H3,(H,32,36)/t29-/m1/s1. The van der Waals surface area contributed by atoms with E-state index in [2.05, 4.69) is 5.32 Å². The van der Waals surface area contributed by atoms with Gasteiger partial charge in [-0.25, -0.2) is 12.7 Å². The third-order valence-electron chi connectivity index (χ3n) is 6.47. The third kappa shape index (κ3) is 9.04. The van der Waals surface area contributed by atoms with Crippen LogP contribution in [0.15, 0.2) is 95.9 Å². The summed E-state index contributed by atoms with van der Waals surface area (Å²) in [7, 11) is -2.13. The normalized spacial score (nSPS) is 12.3. The predicted octanol–water partition coefficient (Wildman–Crippen LogP) is 4.50. The summed E-state index contributed by atoms with van der Waals surface area (Å²) in [5.74, 6) is -0.114. The van der Waals surface area contributed by atoms with Crippen LogP contribution in [-0.4, -0.2) is 55.6 Å². The summed E-state index contributed by atoms with van der Waals surface area (Å²) in [6.45, 7) is 5.04. The van der Waals surface area contributed by atoms with Crippen molar-refractivity contribution in [1.29, 1.82) is 0 Å². The van der Waals surface area contributed by atoms with Gasteiger partial charge < -0.3 is 10.2 Å². The zero-order valence-corrected chi connectivity index (χ0v) is 23.8. The molecule has 3 aromatic carbocycles. The van der Waals surface area contributed by atoms with Crippen LogP contribution in [0.4, 0.5) is 0 Å². The van der Waals surface area contributed by atoms with Crippen LogP contribution in [0.5, 0.6) is 0 Å². The molecule has 0 aliphatic heterocycles. The van der Waals surface area contributed by atoms with Crippen molar-refractivity contribution in [3.63, 3.8) is 0 Å². The molecule has 0 heterocycles. The minimum atomic E-state index is -3.65. The molecule has 208 valence electrons. The van der Waals surface area contributed by atoms with E-state index in [-0.39, 0.29) is 42.1 Å². The highest BCUT2D eigenvalue weighted by Gasteiger charge is 2.30. The highest BCUT2D eigenvalue weighted by Crippen LogP contribution is 2.18. The lowest BCUT2D eigenvalue weighted by Crippen LogP contribution is -2.51. The summed E-state index contributed by atoms with van der Waals surface area (Å²) in [5, 5.41) is 3.02. The Morgan fingerprint density at radius 3 is 1.92 bits per heavy atom. The summed E-state index contributed by atoms with van der Waals surface area (Å²) in [6, 6.07) is 26.8. The molecule has 1 atom stereocenters. The van der Waals surface area contributed by atoms with Crippen molar-refractivity contribution in [3.05, 3.63) is 102 Å². The Labute approximate surface area is 232 Å². The van der Waals surface area contributed by atoms with Gasteiger partial charge in [0.05, 0.1) is 4.90 Å². The molecule has 1 N–H and O–H groups in total. The second-order valence-electron chi connectivity index (χ2n) is 10.1. The molecule has 0 aliphatic rings. The topological polar surface area (TPSA) is 86.8 Å². The third-order valence-corrected chi connectivity index (χ3v) is 8.34. The Morgan fingerprint density at radius 1 is 0.821 bits per heavy atom. The van der Waals surface area contributed by atoms with Gasteiger partial charge in [-0.2, -0.15) is 0 Å². The van der Waals surface area contributed by atoms with Crippen LogP contribution < -0.4 is 5.32 Å². The average Bonchev–Trinajstić information content (AvgIpc) is 2.95. The number of hydrogen-bond donors (Lipinski definition) is 1. The van der Waals surface area contributed by atoms with E-state index in [9.17, 15) is 18.0 Å². The Hall–Kier alpha value is -3.49. The molecule has 3 aromatic rings. The van der Waals surface area contributed by atoms with Crippen LogP contribution in [0.2, 0.25) is 0 Å². The van der Waals surface area contributed by atoms with E-state index in [1.165, 1.54) is 11.4 Å². The van der Waals surface area contributed by atoms with Crippen LogP contribution in [0.1, 0.15) is 37.8 Å². The number of rotatable bonds is 14. The number of nitrogens with zero attached hydrogens (tertiary/aromatic N) is 2. The van der Waals surface area contributed by atoms with Gasteiger partial charge in [-0.3, -0.25) is 9.59 Å². The molecule has 0 saturated heterocycles. The van der Waals surface area contributed by atoms with E-state index in [0.29, 0.717) is 19.4 Å². The zero-order valence-electron chi connectivity index (χ0n) is 23.0. The summed E-state index contributed by atoms with van der Waals surface area (Å²) in [4.78, 5) is 29.0. The Balaban J connectivity index is 1.79. The van der Waals surface area contributed by atoms with E-state index in [1.807, 2.05) is 74.5 Å². The van der Waals surface area contributed by atoms with Gasteiger partial charge in [-0.1, -0.05) is 92.7 Å². The van der Waals surface area contributed by atoms with Crippen LogP contribution in [0, 0.1) is 5.92 Å². The highest BCUT2D eigenvalue weighted by atomic mass is 32.2. The molecule has 39 heavy (non-hydrogen) atoms. The van der Waals surface area contributed by atoms with E-state index in [4.69, 9.17) is 0 Å². The van der Waals surface area contributed by atoms with Gasteiger partial charge in [0.25, 0.3) is 0 Å². The fraction of sp³-hybridized carbons (Fsp3) is 0.355. The van der Waals surface area contributed by atoms with E-state index in [0.717, 1.165) is 11.1 Å². The molecule has 0 radical (unpaired) electrons. The molecule has 0 unspecified atom stereocenters. The van der Waals surface area contributed by atoms with Crippen molar-refractivity contribution >= 4 is 21.8 Å². The van der Waals surface area contributed by atoms with Gasteiger partial charge in [0.1, 0.15) is 6.04 Å². The smallest absolute Gasteiger partial charge is 0.243 e. The number of nitrogens with one attached hydrogen (secondary N) is 1.